The Bertz CT molecular complexity index is 1470. The topological polar surface area (TPSA) is 93.2 Å². The number of fused-ring (bicyclic) bond motifs is 7. The molecule has 8 nitrogen and oxygen atoms in total. The van der Waals surface area contributed by atoms with Crippen molar-refractivity contribution < 1.29 is 19.5 Å². The number of carbonyl (C=O) groups excluding carboxylic acids is 3. The first-order valence-electron chi connectivity index (χ1n) is 17.6. The van der Waals surface area contributed by atoms with E-state index in [1.54, 1.807) is 11.0 Å². The van der Waals surface area contributed by atoms with E-state index in [1.807, 2.05) is 14.0 Å². The Kier molecular flexibility index (Phi) is 8.07. The maximum atomic E-state index is 13.6. The molecule has 0 bridgehead atoms. The lowest BCUT2D eigenvalue weighted by Gasteiger charge is -2.70. The van der Waals surface area contributed by atoms with Crippen LogP contribution in [0.2, 0.25) is 0 Å². The Morgan fingerprint density at radius 1 is 0.978 bits per heavy atom. The van der Waals surface area contributed by atoms with Gasteiger partial charge >= 0.3 is 11.8 Å². The predicted octanol–water partition coefficient (Wildman–Crippen LogP) is 5.19. The van der Waals surface area contributed by atoms with Gasteiger partial charge in [0.15, 0.2) is 5.76 Å². The highest BCUT2D eigenvalue weighted by atomic mass is 16.3. The van der Waals surface area contributed by atoms with Crippen LogP contribution in [-0.2, 0) is 14.4 Å². The summed E-state index contributed by atoms with van der Waals surface area (Å²) in [6.07, 6.45) is 13.1. The third-order valence-electron chi connectivity index (χ3n) is 14.5. The largest absolute Gasteiger partial charge is 0.504 e. The number of rotatable bonds is 4. The molecular formula is C38H56N4O4. The second-order valence-electron chi connectivity index (χ2n) is 16.8. The highest BCUT2D eigenvalue weighted by Gasteiger charge is 2.67. The van der Waals surface area contributed by atoms with Crippen LogP contribution in [0.4, 0.5) is 0 Å². The molecule has 0 radical (unpaired) electrons. The second-order valence-corrected chi connectivity index (χ2v) is 16.8. The number of hydrogen-bond donors (Lipinski definition) is 2. The van der Waals surface area contributed by atoms with Crippen molar-refractivity contribution in [3.05, 3.63) is 46.3 Å². The molecule has 252 valence electrons. The molecule has 0 spiro atoms. The van der Waals surface area contributed by atoms with Crippen molar-refractivity contribution in [2.45, 2.75) is 92.0 Å². The molecule has 0 aromatic heterocycles. The summed E-state index contributed by atoms with van der Waals surface area (Å²) in [6.45, 7) is 19.0. The molecule has 4 fully saturated rings. The van der Waals surface area contributed by atoms with Gasteiger partial charge in [-0.25, -0.2) is 0 Å². The number of likely N-dealkylation sites (N-methyl/N-ethyl adjacent to an activating group) is 2. The number of nitrogens with zero attached hydrogens (tertiary/aromatic N) is 3. The number of aliphatic hydroxyl groups is 1. The summed E-state index contributed by atoms with van der Waals surface area (Å²) < 4.78 is 0. The lowest BCUT2D eigenvalue weighted by molar-refractivity contribution is -0.172. The van der Waals surface area contributed by atoms with E-state index in [0.29, 0.717) is 18.0 Å². The van der Waals surface area contributed by atoms with E-state index < -0.39 is 17.4 Å². The first kappa shape index (κ1) is 33.2. The van der Waals surface area contributed by atoms with Crippen LogP contribution in [-0.4, -0.2) is 96.3 Å². The van der Waals surface area contributed by atoms with E-state index in [1.165, 1.54) is 5.57 Å². The quantitative estimate of drug-likeness (QED) is 0.415. The van der Waals surface area contributed by atoms with Crippen molar-refractivity contribution in [2.24, 2.45) is 27.6 Å². The number of ketones is 1. The Labute approximate surface area is 276 Å². The predicted molar refractivity (Wildman–Crippen MR) is 181 cm³/mol. The average molecular weight is 633 g/mol. The molecule has 2 amide bonds. The molecule has 46 heavy (non-hydrogen) atoms. The van der Waals surface area contributed by atoms with Crippen LogP contribution in [0.3, 0.4) is 0 Å². The number of aliphatic hydroxyl groups excluding tert-OH is 1. The summed E-state index contributed by atoms with van der Waals surface area (Å²) in [5, 5.41) is 13.4. The van der Waals surface area contributed by atoms with Gasteiger partial charge in [-0.05, 0) is 105 Å². The lowest BCUT2D eigenvalue weighted by Crippen LogP contribution is -2.65. The number of carbonyl (C=O) groups is 3. The Morgan fingerprint density at radius 2 is 1.65 bits per heavy atom. The monoisotopic (exact) mass is 632 g/mol. The van der Waals surface area contributed by atoms with Crippen molar-refractivity contribution in [1.82, 2.24) is 20.0 Å². The molecule has 8 heteroatoms. The smallest absolute Gasteiger partial charge is 0.312 e. The summed E-state index contributed by atoms with van der Waals surface area (Å²) in [5.74, 6) is -0.991. The highest BCUT2D eigenvalue weighted by Crippen LogP contribution is 2.75. The molecule has 1 saturated heterocycles. The fraction of sp³-hybridized carbons (Fsp3) is 0.711. The molecular weight excluding hydrogens is 576 g/mol. The first-order valence-corrected chi connectivity index (χ1v) is 17.6. The minimum Gasteiger partial charge on any atom is -0.504 e. The molecule has 0 aromatic rings. The fourth-order valence-corrected chi connectivity index (χ4v) is 10.6. The molecule has 1 unspecified atom stereocenters. The van der Waals surface area contributed by atoms with Gasteiger partial charge in [0.05, 0.1) is 0 Å². The standard InChI is InChI=1S/C38H56N4O4/c1-25-26-9-10-29-36(4,27(26)23-28(43)31(25)44)14-16-38(6)30-24-35(3,13-11-34(30,2)12-15-37(29,38)5)41(8)33(46)32(45)39-17-18-42-21-19-40(7)20-22-42/h9-10,23,30,44H,11-22,24H2,1-8H3,(H,39,45)/t30?,34-,35-,36+,37-,38+/m1/s1. The maximum absolute atomic E-state index is 13.6. The van der Waals surface area contributed by atoms with Crippen LogP contribution in [0, 0.1) is 27.6 Å². The number of piperazine rings is 1. The van der Waals surface area contributed by atoms with Gasteiger partial charge in [-0.15, -0.1) is 0 Å². The van der Waals surface area contributed by atoms with Crippen molar-refractivity contribution in [3.8, 4) is 0 Å². The molecule has 5 aliphatic carbocycles. The molecule has 1 heterocycles. The van der Waals surface area contributed by atoms with Crippen LogP contribution in [0.25, 0.3) is 0 Å². The maximum Gasteiger partial charge on any atom is 0.312 e. The summed E-state index contributed by atoms with van der Waals surface area (Å²) in [4.78, 5) is 46.0. The van der Waals surface area contributed by atoms with Crippen molar-refractivity contribution in [3.63, 3.8) is 0 Å². The molecule has 6 rings (SSSR count). The number of hydrogen-bond acceptors (Lipinski definition) is 6. The van der Waals surface area contributed by atoms with E-state index in [9.17, 15) is 19.5 Å². The molecule has 1 aliphatic heterocycles. The summed E-state index contributed by atoms with van der Waals surface area (Å²) in [7, 11) is 3.96. The van der Waals surface area contributed by atoms with Crippen LogP contribution >= 0.6 is 0 Å². The SMILES string of the molecule is CC1=C(O)C(=O)C=C2C1=CC=C1[C@@]2(C)CC[C@@]2(C)C3C[C@](C)(N(C)C(=O)C(=O)NCCN4CCN(C)CC4)CC[C@]3(C)CC[C@]12C. The van der Waals surface area contributed by atoms with Gasteiger partial charge in [0, 0.05) is 62.8 Å². The van der Waals surface area contributed by atoms with E-state index in [-0.39, 0.29) is 33.2 Å². The summed E-state index contributed by atoms with van der Waals surface area (Å²) in [5.41, 5.74) is 3.51. The van der Waals surface area contributed by atoms with Crippen molar-refractivity contribution in [1.29, 1.82) is 0 Å². The second kappa shape index (κ2) is 11.2. The normalized spacial score (nSPS) is 39.6. The van der Waals surface area contributed by atoms with Gasteiger partial charge in [-0.3, -0.25) is 19.3 Å². The number of nitrogens with one attached hydrogen (secondary N) is 1. The highest BCUT2D eigenvalue weighted by molar-refractivity contribution is 6.35. The van der Waals surface area contributed by atoms with Gasteiger partial charge < -0.3 is 20.2 Å². The summed E-state index contributed by atoms with van der Waals surface area (Å²) >= 11 is 0. The minimum atomic E-state index is -0.500. The van der Waals surface area contributed by atoms with Gasteiger partial charge in [0.1, 0.15) is 0 Å². The zero-order valence-electron chi connectivity index (χ0n) is 29.5. The van der Waals surface area contributed by atoms with E-state index in [4.69, 9.17) is 0 Å². The molecule has 3 saturated carbocycles. The van der Waals surface area contributed by atoms with Crippen LogP contribution in [0.5, 0.6) is 0 Å². The number of allylic oxidation sites excluding steroid dienone is 7. The number of amides is 2. The zero-order valence-corrected chi connectivity index (χ0v) is 29.5. The zero-order chi connectivity index (χ0) is 33.4. The minimum absolute atomic E-state index is 0.0146. The average Bonchev–Trinajstić information content (AvgIpc) is 3.02. The molecule has 6 atom stereocenters. The fourth-order valence-electron chi connectivity index (χ4n) is 10.6. The molecule has 0 aromatic carbocycles. The van der Waals surface area contributed by atoms with Crippen molar-refractivity contribution in [2.75, 3.05) is 53.4 Å². The van der Waals surface area contributed by atoms with Gasteiger partial charge in [-0.1, -0.05) is 45.4 Å². The van der Waals surface area contributed by atoms with E-state index >= 15 is 0 Å². The Balaban J connectivity index is 1.22. The van der Waals surface area contributed by atoms with Crippen LogP contribution in [0.1, 0.15) is 86.5 Å². The van der Waals surface area contributed by atoms with Crippen LogP contribution in [0.15, 0.2) is 46.3 Å². The van der Waals surface area contributed by atoms with Crippen LogP contribution < -0.4 is 5.32 Å². The molecule has 6 aliphatic rings. The van der Waals surface area contributed by atoms with Crippen molar-refractivity contribution >= 4 is 17.6 Å². The van der Waals surface area contributed by atoms with E-state index in [2.05, 4.69) is 68.9 Å². The Morgan fingerprint density at radius 3 is 2.35 bits per heavy atom. The lowest BCUT2D eigenvalue weighted by atomic mass is 9.35. The summed E-state index contributed by atoms with van der Waals surface area (Å²) in [6, 6.07) is 0. The van der Waals surface area contributed by atoms with E-state index in [0.717, 1.165) is 88.8 Å². The Hall–Kier alpha value is -2.71. The first-order chi connectivity index (χ1) is 21.5. The van der Waals surface area contributed by atoms with Gasteiger partial charge in [0.25, 0.3) is 0 Å². The van der Waals surface area contributed by atoms with Gasteiger partial charge in [0.2, 0.25) is 5.78 Å². The molecule has 2 N–H and O–H groups in total. The van der Waals surface area contributed by atoms with Gasteiger partial charge in [-0.2, -0.15) is 0 Å². The third kappa shape index (κ3) is 4.87. The third-order valence-corrected chi connectivity index (χ3v) is 14.5.